The largest absolute Gasteiger partial charge is 0.480 e. The smallest absolute Gasteiger partial charge is 0.408 e. The van der Waals surface area contributed by atoms with Crippen molar-refractivity contribution in [1.29, 1.82) is 0 Å². The molecule has 1 atom stereocenters. The van der Waals surface area contributed by atoms with E-state index in [9.17, 15) is 14.4 Å². The van der Waals surface area contributed by atoms with Crippen LogP contribution in [-0.2, 0) is 14.3 Å². The van der Waals surface area contributed by atoms with Crippen LogP contribution in [0.4, 0.5) is 4.79 Å². The average Bonchev–Trinajstić information content (AvgIpc) is 1.99. The third kappa shape index (κ3) is 4.77. The van der Waals surface area contributed by atoms with Gasteiger partial charge in [0.05, 0.1) is 0 Å². The molecule has 1 amide bonds. The van der Waals surface area contributed by atoms with E-state index in [1.54, 1.807) is 20.8 Å². The summed E-state index contributed by atoms with van der Waals surface area (Å²) >= 11 is 0. The first-order chi connectivity index (χ1) is 7.10. The normalized spacial score (nSPS) is 14.8. The number of hydrogen-bond acceptors (Lipinski definition) is 4. The lowest BCUT2D eigenvalue weighted by Gasteiger charge is -2.26. The highest BCUT2D eigenvalue weighted by Gasteiger charge is 2.35. The first kappa shape index (κ1) is 14.4. The van der Waals surface area contributed by atoms with Crippen molar-refractivity contribution in [2.75, 3.05) is 0 Å². The van der Waals surface area contributed by atoms with E-state index >= 15 is 0 Å². The lowest BCUT2D eigenvalue weighted by Crippen LogP contribution is -2.53. The average molecular weight is 231 g/mol. The number of carboxylic acids is 1. The first-order valence-electron chi connectivity index (χ1n) is 4.79. The highest BCUT2D eigenvalue weighted by Crippen LogP contribution is 2.12. The zero-order valence-electron chi connectivity index (χ0n) is 9.86. The molecule has 16 heavy (non-hydrogen) atoms. The van der Waals surface area contributed by atoms with E-state index in [1.165, 1.54) is 6.92 Å². The van der Waals surface area contributed by atoms with Crippen molar-refractivity contribution in [3.8, 4) is 0 Å². The van der Waals surface area contributed by atoms with Crippen LogP contribution in [0.3, 0.4) is 0 Å². The monoisotopic (exact) mass is 231 g/mol. The van der Waals surface area contributed by atoms with Gasteiger partial charge in [0.15, 0.2) is 0 Å². The molecule has 6 heteroatoms. The number of carbonyl (C=O) groups excluding carboxylic acids is 2. The molecule has 6 nitrogen and oxygen atoms in total. The van der Waals surface area contributed by atoms with E-state index < -0.39 is 23.2 Å². The van der Waals surface area contributed by atoms with Gasteiger partial charge in [0, 0.05) is 6.42 Å². The molecule has 92 valence electrons. The number of nitrogens with one attached hydrogen (secondary N) is 1. The Kier molecular flexibility index (Phi) is 4.47. The van der Waals surface area contributed by atoms with Crippen LogP contribution in [0.5, 0.6) is 0 Å². The molecule has 0 fully saturated rings. The summed E-state index contributed by atoms with van der Waals surface area (Å²) in [5, 5.41) is 11.0. The highest BCUT2D eigenvalue weighted by molar-refractivity contribution is 5.86. The number of aliphatic carboxylic acids is 1. The molecular formula is C10H17NO5. The SMILES string of the molecule is CC(C)(C)OC(=O)NC(C)(CC=O)C(=O)O. The topological polar surface area (TPSA) is 92.7 Å². The number of amides is 1. The summed E-state index contributed by atoms with van der Waals surface area (Å²) in [4.78, 5) is 32.6. The predicted molar refractivity (Wildman–Crippen MR) is 56.1 cm³/mol. The Morgan fingerprint density at radius 3 is 2.12 bits per heavy atom. The second kappa shape index (κ2) is 4.96. The van der Waals surface area contributed by atoms with Gasteiger partial charge in [-0.1, -0.05) is 0 Å². The fourth-order valence-corrected chi connectivity index (χ4v) is 0.887. The zero-order chi connectivity index (χ0) is 13.0. The van der Waals surface area contributed by atoms with Gasteiger partial charge in [-0.15, -0.1) is 0 Å². The Labute approximate surface area is 94.0 Å². The van der Waals surface area contributed by atoms with Crippen molar-refractivity contribution in [1.82, 2.24) is 5.32 Å². The van der Waals surface area contributed by atoms with Gasteiger partial charge in [0.2, 0.25) is 0 Å². The van der Waals surface area contributed by atoms with Crippen LogP contribution in [-0.4, -0.2) is 34.6 Å². The van der Waals surface area contributed by atoms with Crippen LogP contribution < -0.4 is 5.32 Å². The number of carboxylic acid groups (broad SMARTS) is 1. The maximum Gasteiger partial charge on any atom is 0.408 e. The molecule has 0 spiro atoms. The summed E-state index contributed by atoms with van der Waals surface area (Å²) in [7, 11) is 0. The van der Waals surface area contributed by atoms with Crippen molar-refractivity contribution in [2.24, 2.45) is 0 Å². The Balaban J connectivity index is 4.59. The molecule has 0 aromatic rings. The Bertz CT molecular complexity index is 294. The third-order valence-electron chi connectivity index (χ3n) is 1.74. The van der Waals surface area contributed by atoms with Crippen molar-refractivity contribution >= 4 is 18.3 Å². The Morgan fingerprint density at radius 1 is 1.31 bits per heavy atom. The van der Waals surface area contributed by atoms with Gasteiger partial charge in [0.1, 0.15) is 17.4 Å². The number of carbonyl (C=O) groups is 3. The van der Waals surface area contributed by atoms with Crippen LogP contribution >= 0.6 is 0 Å². The minimum Gasteiger partial charge on any atom is -0.480 e. The van der Waals surface area contributed by atoms with Crippen molar-refractivity contribution < 1.29 is 24.2 Å². The molecule has 0 bridgehead atoms. The number of ether oxygens (including phenoxy) is 1. The molecule has 1 unspecified atom stereocenters. The van der Waals surface area contributed by atoms with E-state index in [4.69, 9.17) is 9.84 Å². The third-order valence-corrected chi connectivity index (χ3v) is 1.74. The molecule has 0 saturated carbocycles. The number of rotatable bonds is 4. The quantitative estimate of drug-likeness (QED) is 0.702. The van der Waals surface area contributed by atoms with E-state index in [2.05, 4.69) is 5.32 Å². The lowest BCUT2D eigenvalue weighted by atomic mass is 9.99. The fourth-order valence-electron chi connectivity index (χ4n) is 0.887. The van der Waals surface area contributed by atoms with Crippen LogP contribution in [0.2, 0.25) is 0 Å². The number of alkyl carbamates (subject to hydrolysis) is 1. The van der Waals surface area contributed by atoms with Crippen LogP contribution in [0.25, 0.3) is 0 Å². The van der Waals surface area contributed by atoms with Gasteiger partial charge >= 0.3 is 12.1 Å². The summed E-state index contributed by atoms with van der Waals surface area (Å²) in [5.41, 5.74) is -2.35. The molecule has 0 aliphatic carbocycles. The van der Waals surface area contributed by atoms with Gasteiger partial charge in [-0.2, -0.15) is 0 Å². The minimum absolute atomic E-state index is 0.318. The molecule has 0 radical (unpaired) electrons. The van der Waals surface area contributed by atoms with Crippen molar-refractivity contribution in [3.63, 3.8) is 0 Å². The molecule has 0 saturated heterocycles. The molecule has 0 rings (SSSR count). The minimum atomic E-state index is -1.63. The molecule has 0 heterocycles. The standard InChI is InChI=1S/C10H17NO5/c1-9(2,3)16-8(15)11-10(4,5-6-12)7(13)14/h6H,5H2,1-4H3,(H,11,15)(H,13,14). The molecule has 0 aromatic heterocycles. The molecule has 2 N–H and O–H groups in total. The van der Waals surface area contributed by atoms with E-state index in [-0.39, 0.29) is 6.42 Å². The maximum absolute atomic E-state index is 11.3. The predicted octanol–water partition coefficient (Wildman–Crippen LogP) is 0.943. The highest BCUT2D eigenvalue weighted by atomic mass is 16.6. The Morgan fingerprint density at radius 2 is 1.81 bits per heavy atom. The molecule has 0 aliphatic heterocycles. The molecule has 0 aromatic carbocycles. The van der Waals surface area contributed by atoms with E-state index in [1.807, 2.05) is 0 Å². The van der Waals surface area contributed by atoms with Crippen molar-refractivity contribution in [3.05, 3.63) is 0 Å². The second-order valence-electron chi connectivity index (χ2n) is 4.63. The van der Waals surface area contributed by atoms with Crippen LogP contribution in [0, 0.1) is 0 Å². The number of aldehydes is 1. The number of hydrogen-bond donors (Lipinski definition) is 2. The van der Waals surface area contributed by atoms with Crippen molar-refractivity contribution in [2.45, 2.75) is 45.3 Å². The Hall–Kier alpha value is -1.59. The van der Waals surface area contributed by atoms with Crippen LogP contribution in [0.15, 0.2) is 0 Å². The summed E-state index contributed by atoms with van der Waals surface area (Å²) in [6.45, 7) is 6.22. The van der Waals surface area contributed by atoms with E-state index in [0.29, 0.717) is 6.29 Å². The van der Waals surface area contributed by atoms with Gasteiger partial charge < -0.3 is 20.0 Å². The van der Waals surface area contributed by atoms with Gasteiger partial charge in [-0.25, -0.2) is 9.59 Å². The summed E-state index contributed by atoms with van der Waals surface area (Å²) < 4.78 is 4.90. The summed E-state index contributed by atoms with van der Waals surface area (Å²) in [6, 6.07) is 0. The van der Waals surface area contributed by atoms with Gasteiger partial charge in [-0.3, -0.25) is 0 Å². The maximum atomic E-state index is 11.3. The molecular weight excluding hydrogens is 214 g/mol. The summed E-state index contributed by atoms with van der Waals surface area (Å²) in [6.07, 6.45) is -0.744. The zero-order valence-corrected chi connectivity index (χ0v) is 9.86. The fraction of sp³-hybridized carbons (Fsp3) is 0.700. The van der Waals surface area contributed by atoms with E-state index in [0.717, 1.165) is 0 Å². The van der Waals surface area contributed by atoms with Crippen LogP contribution in [0.1, 0.15) is 34.1 Å². The molecule has 0 aliphatic rings. The summed E-state index contributed by atoms with van der Waals surface area (Å²) in [5.74, 6) is -1.29. The first-order valence-corrected chi connectivity index (χ1v) is 4.79. The lowest BCUT2D eigenvalue weighted by molar-refractivity contribution is -0.145. The van der Waals surface area contributed by atoms with Gasteiger partial charge in [-0.05, 0) is 27.7 Å². The van der Waals surface area contributed by atoms with Gasteiger partial charge in [0.25, 0.3) is 0 Å². The second-order valence-corrected chi connectivity index (χ2v) is 4.63.